The summed E-state index contributed by atoms with van der Waals surface area (Å²) in [6.07, 6.45) is 1.54. The van der Waals surface area contributed by atoms with Crippen molar-refractivity contribution in [3.8, 4) is 34.4 Å². The van der Waals surface area contributed by atoms with E-state index >= 15 is 0 Å². The molecule has 3 aromatic carbocycles. The Morgan fingerprint density at radius 2 is 1.66 bits per heavy atom. The number of carboxylic acid groups (broad SMARTS) is 1. The smallest absolute Gasteiger partial charge is 0.342 e. The minimum Gasteiger partial charge on any atom is -0.497 e. The molecule has 214 valence electrons. The monoisotopic (exact) mass is 615 g/mol. The zero-order valence-electron chi connectivity index (χ0n) is 22.7. The molecule has 0 radical (unpaired) electrons. The van der Waals surface area contributed by atoms with Crippen LogP contribution < -0.4 is 18.9 Å². The number of carboxylic acids is 1. The number of benzene rings is 3. The number of ether oxygens (including phenoxy) is 4. The fraction of sp³-hybridized carbons (Fsp3) is 0.207. The summed E-state index contributed by atoms with van der Waals surface area (Å²) in [5.74, 6) is 1.59. The van der Waals surface area contributed by atoms with Gasteiger partial charge in [-0.1, -0.05) is 35.3 Å². The van der Waals surface area contributed by atoms with Gasteiger partial charge in [-0.3, -0.25) is 0 Å². The summed E-state index contributed by atoms with van der Waals surface area (Å²) in [6, 6.07) is 15.8. The van der Waals surface area contributed by atoms with Crippen LogP contribution >= 0.6 is 35.0 Å². The Labute approximate surface area is 251 Å². The van der Waals surface area contributed by atoms with Gasteiger partial charge in [0.05, 0.1) is 31.4 Å². The fourth-order valence-electron chi connectivity index (χ4n) is 3.87. The molecule has 0 bridgehead atoms. The number of rotatable bonds is 12. The molecule has 0 saturated carbocycles. The maximum Gasteiger partial charge on any atom is 0.342 e. The zero-order valence-corrected chi connectivity index (χ0v) is 25.0. The van der Waals surface area contributed by atoms with E-state index in [1.54, 1.807) is 56.7 Å². The number of hydrogen-bond acceptors (Lipinski definition) is 8. The van der Waals surface area contributed by atoms with Crippen molar-refractivity contribution in [3.63, 3.8) is 0 Å². The number of aromatic nitrogens is 3. The van der Waals surface area contributed by atoms with Crippen molar-refractivity contribution in [2.75, 3.05) is 21.3 Å². The second kappa shape index (κ2) is 13.7. The number of carbonyl (C=O) groups is 1. The lowest BCUT2D eigenvalue weighted by molar-refractivity contribution is -0.131. The first kappa shape index (κ1) is 30.1. The molecule has 12 heteroatoms. The van der Waals surface area contributed by atoms with Crippen LogP contribution in [0.15, 0.2) is 64.7 Å². The molecule has 0 aliphatic rings. The van der Waals surface area contributed by atoms with E-state index in [1.807, 2.05) is 29.7 Å². The third-order valence-electron chi connectivity index (χ3n) is 5.92. The summed E-state index contributed by atoms with van der Waals surface area (Å²) >= 11 is 13.1. The topological polar surface area (TPSA) is 105 Å². The molecule has 4 aromatic rings. The van der Waals surface area contributed by atoms with E-state index in [4.69, 9.17) is 42.1 Å². The summed E-state index contributed by atoms with van der Waals surface area (Å²) in [4.78, 5) is 12.3. The summed E-state index contributed by atoms with van der Waals surface area (Å²) in [5.41, 5.74) is 2.17. The van der Waals surface area contributed by atoms with Crippen molar-refractivity contribution in [1.29, 1.82) is 0 Å². The van der Waals surface area contributed by atoms with E-state index in [0.29, 0.717) is 56.1 Å². The highest BCUT2D eigenvalue weighted by Crippen LogP contribution is 2.35. The fourth-order valence-corrected chi connectivity index (χ4v) is 5.07. The molecule has 0 saturated heterocycles. The molecule has 4 rings (SSSR count). The average Bonchev–Trinajstić information content (AvgIpc) is 3.39. The van der Waals surface area contributed by atoms with Crippen LogP contribution in [-0.4, -0.2) is 47.2 Å². The number of methoxy groups -OCH3 is 3. The van der Waals surface area contributed by atoms with Crippen molar-refractivity contribution in [3.05, 3.63) is 80.7 Å². The van der Waals surface area contributed by atoms with Crippen LogP contribution in [0.2, 0.25) is 10.0 Å². The predicted molar refractivity (Wildman–Crippen MR) is 159 cm³/mol. The molecule has 0 spiro atoms. The van der Waals surface area contributed by atoms with Gasteiger partial charge in [0.2, 0.25) is 0 Å². The van der Waals surface area contributed by atoms with Crippen LogP contribution in [0.5, 0.6) is 23.0 Å². The van der Waals surface area contributed by atoms with Gasteiger partial charge in [-0.2, -0.15) is 0 Å². The van der Waals surface area contributed by atoms with E-state index in [0.717, 1.165) is 22.9 Å². The first-order valence-corrected chi connectivity index (χ1v) is 13.9. The van der Waals surface area contributed by atoms with Gasteiger partial charge >= 0.3 is 5.97 Å². The minimum absolute atomic E-state index is 0.0494. The second-order valence-electron chi connectivity index (χ2n) is 8.52. The Morgan fingerprint density at radius 1 is 0.927 bits per heavy atom. The lowest BCUT2D eigenvalue weighted by Gasteiger charge is -2.12. The molecule has 0 aliphatic carbocycles. The van der Waals surface area contributed by atoms with Crippen LogP contribution in [0.25, 0.3) is 17.5 Å². The first-order chi connectivity index (χ1) is 19.8. The maximum absolute atomic E-state index is 12.2. The molecule has 0 amide bonds. The first-order valence-electron chi connectivity index (χ1n) is 12.3. The van der Waals surface area contributed by atoms with E-state index in [1.165, 1.54) is 7.11 Å². The molecule has 1 N–H and O–H groups in total. The molecular weight excluding hydrogens is 589 g/mol. The normalized spacial score (nSPS) is 11.3. The van der Waals surface area contributed by atoms with Gasteiger partial charge in [0, 0.05) is 18.2 Å². The standard InChI is InChI=1S/C29H27Cl2N3O6S/c1-5-34-27(19-13-20(37-2)15-21(14-19)38-3)32-33-29(34)41-26(28(35)36)12-17-7-9-24(25(11-17)39-4)40-16-18-6-8-22(30)23(31)10-18/h6-15H,5,16H2,1-4H3,(H,35,36)/b26-12-. The van der Waals surface area contributed by atoms with Crippen molar-refractivity contribution in [1.82, 2.24) is 14.8 Å². The SMILES string of the molecule is CCn1c(S/C(=C\c2ccc(OCc3ccc(Cl)c(Cl)c3)c(OC)c2)C(=O)O)nnc1-c1cc(OC)cc(OC)c1. The van der Waals surface area contributed by atoms with Crippen LogP contribution in [-0.2, 0) is 17.9 Å². The van der Waals surface area contributed by atoms with Gasteiger partial charge in [0.15, 0.2) is 22.5 Å². The van der Waals surface area contributed by atoms with Gasteiger partial charge in [0.25, 0.3) is 0 Å². The predicted octanol–water partition coefficient (Wildman–Crippen LogP) is 7.09. The number of nitrogens with zero attached hydrogens (tertiary/aromatic N) is 3. The van der Waals surface area contributed by atoms with Crippen molar-refractivity contribution in [2.45, 2.75) is 25.2 Å². The molecule has 1 aromatic heterocycles. The second-order valence-corrected chi connectivity index (χ2v) is 10.3. The van der Waals surface area contributed by atoms with Crippen molar-refractivity contribution >= 4 is 47.0 Å². The van der Waals surface area contributed by atoms with Crippen LogP contribution in [0, 0.1) is 0 Å². The highest BCUT2D eigenvalue weighted by atomic mass is 35.5. The van der Waals surface area contributed by atoms with E-state index in [-0.39, 0.29) is 11.5 Å². The Morgan fingerprint density at radius 3 is 2.27 bits per heavy atom. The van der Waals surface area contributed by atoms with Gasteiger partial charge in [-0.25, -0.2) is 4.79 Å². The lowest BCUT2D eigenvalue weighted by atomic mass is 10.2. The van der Waals surface area contributed by atoms with Crippen LogP contribution in [0.1, 0.15) is 18.1 Å². The average molecular weight is 617 g/mol. The molecule has 0 unspecified atom stereocenters. The molecule has 0 atom stereocenters. The quantitative estimate of drug-likeness (QED) is 0.132. The van der Waals surface area contributed by atoms with Gasteiger partial charge in [-0.15, -0.1) is 10.2 Å². The molecular formula is C29H27Cl2N3O6S. The Kier molecular flexibility index (Phi) is 10.0. The summed E-state index contributed by atoms with van der Waals surface area (Å²) in [7, 11) is 4.65. The summed E-state index contributed by atoms with van der Waals surface area (Å²) in [6.45, 7) is 2.68. The lowest BCUT2D eigenvalue weighted by Crippen LogP contribution is -2.03. The van der Waals surface area contributed by atoms with Crippen LogP contribution in [0.4, 0.5) is 0 Å². The molecule has 0 fully saturated rings. The van der Waals surface area contributed by atoms with Gasteiger partial charge in [-0.05, 0) is 72.3 Å². The van der Waals surface area contributed by atoms with Gasteiger partial charge < -0.3 is 28.6 Å². The number of aliphatic carboxylic acids is 1. The van der Waals surface area contributed by atoms with E-state index < -0.39 is 5.97 Å². The zero-order chi connectivity index (χ0) is 29.5. The molecule has 9 nitrogen and oxygen atoms in total. The minimum atomic E-state index is -1.11. The highest BCUT2D eigenvalue weighted by molar-refractivity contribution is 8.04. The highest BCUT2D eigenvalue weighted by Gasteiger charge is 2.20. The molecule has 1 heterocycles. The Hall–Kier alpha value is -3.86. The number of thioether (sulfide) groups is 1. The third-order valence-corrected chi connectivity index (χ3v) is 7.65. The maximum atomic E-state index is 12.2. The Balaban J connectivity index is 1.59. The van der Waals surface area contributed by atoms with Gasteiger partial charge in [0.1, 0.15) is 23.0 Å². The van der Waals surface area contributed by atoms with Crippen molar-refractivity contribution in [2.24, 2.45) is 0 Å². The van der Waals surface area contributed by atoms with Crippen LogP contribution in [0.3, 0.4) is 0 Å². The van der Waals surface area contributed by atoms with E-state index in [9.17, 15) is 9.90 Å². The largest absolute Gasteiger partial charge is 0.497 e. The Bertz CT molecular complexity index is 1570. The third kappa shape index (κ3) is 7.27. The molecule has 0 aliphatic heterocycles. The number of halogens is 2. The van der Waals surface area contributed by atoms with E-state index in [2.05, 4.69) is 10.2 Å². The summed E-state index contributed by atoms with van der Waals surface area (Å²) < 4.78 is 24.0. The van der Waals surface area contributed by atoms with Crippen molar-refractivity contribution < 1.29 is 28.8 Å². The molecule has 41 heavy (non-hydrogen) atoms. The summed E-state index contributed by atoms with van der Waals surface area (Å²) in [5, 5.41) is 19.9. The number of hydrogen-bond donors (Lipinski definition) is 1.